The lowest BCUT2D eigenvalue weighted by Crippen LogP contribution is -2.46. The van der Waals surface area contributed by atoms with Crippen LogP contribution in [0.5, 0.6) is 0 Å². The summed E-state index contributed by atoms with van der Waals surface area (Å²) in [6.07, 6.45) is 4.31. The van der Waals surface area contributed by atoms with Gasteiger partial charge in [0.25, 0.3) is 0 Å². The molecule has 2 N–H and O–H groups in total. The Kier molecular flexibility index (Phi) is 1.51. The van der Waals surface area contributed by atoms with Gasteiger partial charge in [-0.3, -0.25) is 0 Å². The second-order valence-corrected chi connectivity index (χ2v) is 5.50. The molecule has 64 valence electrons. The molecule has 4 heteroatoms. The van der Waals surface area contributed by atoms with Crippen molar-refractivity contribution in [3.63, 3.8) is 0 Å². The molecule has 2 saturated carbocycles. The van der Waals surface area contributed by atoms with Gasteiger partial charge < -0.3 is 0 Å². The molecule has 0 aliphatic heterocycles. The molecule has 0 bridgehead atoms. The summed E-state index contributed by atoms with van der Waals surface area (Å²) in [6, 6.07) is 0. The molecular formula is C7H13NO2S. The van der Waals surface area contributed by atoms with E-state index in [9.17, 15) is 8.42 Å². The third-order valence-electron chi connectivity index (χ3n) is 3.15. The number of primary sulfonamides is 1. The Morgan fingerprint density at radius 2 is 2.00 bits per heavy atom. The fourth-order valence-electron chi connectivity index (χ4n) is 2.50. The van der Waals surface area contributed by atoms with Gasteiger partial charge in [0.2, 0.25) is 10.0 Å². The maximum atomic E-state index is 10.9. The smallest absolute Gasteiger partial charge is 0.212 e. The van der Waals surface area contributed by atoms with Gasteiger partial charge in [0.05, 0.1) is 5.25 Å². The number of hydrogen-bond donors (Lipinski definition) is 1. The van der Waals surface area contributed by atoms with Crippen LogP contribution < -0.4 is 5.14 Å². The minimum absolute atomic E-state index is 0.199. The van der Waals surface area contributed by atoms with Crippen molar-refractivity contribution in [3.05, 3.63) is 0 Å². The van der Waals surface area contributed by atoms with Crippen LogP contribution in [0.2, 0.25) is 0 Å². The highest BCUT2D eigenvalue weighted by Crippen LogP contribution is 2.49. The molecule has 11 heavy (non-hydrogen) atoms. The molecule has 3 unspecified atom stereocenters. The normalized spacial score (nSPS) is 43.2. The van der Waals surface area contributed by atoms with Crippen LogP contribution in [-0.2, 0) is 10.0 Å². The van der Waals surface area contributed by atoms with Crippen LogP contribution in [0.1, 0.15) is 25.7 Å². The van der Waals surface area contributed by atoms with E-state index in [1.807, 2.05) is 0 Å². The van der Waals surface area contributed by atoms with E-state index in [1.54, 1.807) is 0 Å². The van der Waals surface area contributed by atoms with Crippen molar-refractivity contribution in [1.29, 1.82) is 0 Å². The molecule has 0 aromatic heterocycles. The topological polar surface area (TPSA) is 60.2 Å². The standard InChI is InChI=1S/C7H13NO2S/c8-11(9,10)7-4-5-2-1-3-6(5)7/h5-7H,1-4H2,(H2,8,9,10). The van der Waals surface area contributed by atoms with Crippen molar-refractivity contribution in [1.82, 2.24) is 0 Å². The largest absolute Gasteiger partial charge is 0.228 e. The van der Waals surface area contributed by atoms with Gasteiger partial charge in [0, 0.05) is 0 Å². The van der Waals surface area contributed by atoms with E-state index in [0.717, 1.165) is 12.8 Å². The molecule has 0 radical (unpaired) electrons. The number of hydrogen-bond acceptors (Lipinski definition) is 2. The van der Waals surface area contributed by atoms with Gasteiger partial charge in [-0.2, -0.15) is 0 Å². The molecule has 0 saturated heterocycles. The second kappa shape index (κ2) is 2.20. The zero-order chi connectivity index (χ0) is 8.06. The van der Waals surface area contributed by atoms with Crippen molar-refractivity contribution in [2.24, 2.45) is 17.0 Å². The number of nitrogens with two attached hydrogens (primary N) is 1. The lowest BCUT2D eigenvalue weighted by Gasteiger charge is -2.38. The Bertz CT molecular complexity index is 260. The highest BCUT2D eigenvalue weighted by atomic mass is 32.2. The summed E-state index contributed by atoms with van der Waals surface area (Å²) in [7, 11) is -3.22. The monoisotopic (exact) mass is 175 g/mol. The summed E-state index contributed by atoms with van der Waals surface area (Å²) < 4.78 is 21.9. The van der Waals surface area contributed by atoms with E-state index in [0.29, 0.717) is 11.8 Å². The van der Waals surface area contributed by atoms with Crippen LogP contribution in [-0.4, -0.2) is 13.7 Å². The van der Waals surface area contributed by atoms with Gasteiger partial charge in [-0.15, -0.1) is 0 Å². The third-order valence-corrected chi connectivity index (χ3v) is 4.54. The Morgan fingerprint density at radius 1 is 1.27 bits per heavy atom. The summed E-state index contributed by atoms with van der Waals surface area (Å²) in [5.74, 6) is 1.09. The maximum absolute atomic E-state index is 10.9. The quantitative estimate of drug-likeness (QED) is 0.629. The van der Waals surface area contributed by atoms with Gasteiger partial charge in [-0.25, -0.2) is 13.6 Å². The molecule has 0 amide bonds. The average molecular weight is 175 g/mol. The number of fused-ring (bicyclic) bond motifs is 1. The van der Waals surface area contributed by atoms with Crippen LogP contribution in [0.4, 0.5) is 0 Å². The Morgan fingerprint density at radius 3 is 2.55 bits per heavy atom. The first kappa shape index (κ1) is 7.55. The average Bonchev–Trinajstić information content (AvgIpc) is 2.08. The van der Waals surface area contributed by atoms with Gasteiger partial charge >= 0.3 is 0 Å². The van der Waals surface area contributed by atoms with Gasteiger partial charge in [0.1, 0.15) is 0 Å². The Hall–Kier alpha value is -0.0900. The van der Waals surface area contributed by atoms with Crippen molar-refractivity contribution >= 4 is 10.0 Å². The Balaban J connectivity index is 2.12. The highest BCUT2D eigenvalue weighted by molar-refractivity contribution is 7.89. The Labute approximate surface area is 67.0 Å². The van der Waals surface area contributed by atoms with Crippen molar-refractivity contribution in [2.75, 3.05) is 0 Å². The lowest BCUT2D eigenvalue weighted by molar-refractivity contribution is 0.223. The minimum Gasteiger partial charge on any atom is -0.228 e. The van der Waals surface area contributed by atoms with Gasteiger partial charge in [0.15, 0.2) is 0 Å². The number of sulfonamides is 1. The molecule has 2 fully saturated rings. The van der Waals surface area contributed by atoms with Gasteiger partial charge in [-0.05, 0) is 24.7 Å². The second-order valence-electron chi connectivity index (χ2n) is 3.72. The SMILES string of the molecule is NS(=O)(=O)C1CC2CCCC21. The van der Waals surface area contributed by atoms with E-state index in [-0.39, 0.29) is 5.25 Å². The highest BCUT2D eigenvalue weighted by Gasteiger charge is 2.48. The van der Waals surface area contributed by atoms with Gasteiger partial charge in [-0.1, -0.05) is 12.8 Å². The molecule has 3 atom stereocenters. The molecule has 0 heterocycles. The first-order chi connectivity index (χ1) is 5.09. The summed E-state index contributed by atoms with van der Waals surface area (Å²) in [4.78, 5) is 0. The van der Waals surface area contributed by atoms with Crippen molar-refractivity contribution in [2.45, 2.75) is 30.9 Å². The van der Waals surface area contributed by atoms with E-state index in [1.165, 1.54) is 12.8 Å². The molecular weight excluding hydrogens is 162 g/mol. The molecule has 3 nitrogen and oxygen atoms in total. The molecule has 0 aromatic carbocycles. The molecule has 2 aliphatic rings. The van der Waals surface area contributed by atoms with Crippen LogP contribution in [0.3, 0.4) is 0 Å². The maximum Gasteiger partial charge on any atom is 0.212 e. The molecule has 2 rings (SSSR count). The van der Waals surface area contributed by atoms with E-state index >= 15 is 0 Å². The summed E-state index contributed by atoms with van der Waals surface area (Å²) >= 11 is 0. The van der Waals surface area contributed by atoms with Crippen LogP contribution in [0.25, 0.3) is 0 Å². The van der Waals surface area contributed by atoms with E-state index in [4.69, 9.17) is 5.14 Å². The van der Waals surface area contributed by atoms with Crippen LogP contribution >= 0.6 is 0 Å². The predicted octanol–water partition coefficient (Wildman–Crippen LogP) is 0.464. The summed E-state index contributed by atoms with van der Waals surface area (Å²) in [6.45, 7) is 0. The lowest BCUT2D eigenvalue weighted by atomic mass is 9.76. The minimum atomic E-state index is -3.22. The molecule has 2 aliphatic carbocycles. The van der Waals surface area contributed by atoms with E-state index < -0.39 is 10.0 Å². The van der Waals surface area contributed by atoms with Crippen molar-refractivity contribution in [3.8, 4) is 0 Å². The zero-order valence-electron chi connectivity index (χ0n) is 6.36. The third kappa shape index (κ3) is 1.08. The molecule has 0 spiro atoms. The van der Waals surface area contributed by atoms with E-state index in [2.05, 4.69) is 0 Å². The van der Waals surface area contributed by atoms with Crippen molar-refractivity contribution < 1.29 is 8.42 Å². The molecule has 0 aromatic rings. The summed E-state index contributed by atoms with van der Waals surface area (Å²) in [5, 5.41) is 4.87. The number of rotatable bonds is 1. The summed E-state index contributed by atoms with van der Waals surface area (Å²) in [5.41, 5.74) is 0. The van der Waals surface area contributed by atoms with Crippen LogP contribution in [0, 0.1) is 11.8 Å². The zero-order valence-corrected chi connectivity index (χ0v) is 7.18. The first-order valence-electron chi connectivity index (χ1n) is 4.10. The fourth-order valence-corrected chi connectivity index (χ4v) is 3.86. The van der Waals surface area contributed by atoms with Crippen LogP contribution in [0.15, 0.2) is 0 Å². The predicted molar refractivity (Wildman–Crippen MR) is 42.3 cm³/mol. The first-order valence-corrected chi connectivity index (χ1v) is 5.71. The fraction of sp³-hybridized carbons (Fsp3) is 1.00.